The maximum atomic E-state index is 12.9. The van der Waals surface area contributed by atoms with E-state index in [1.807, 2.05) is 18.2 Å². The van der Waals surface area contributed by atoms with E-state index < -0.39 is 0 Å². The second kappa shape index (κ2) is 7.73. The van der Waals surface area contributed by atoms with E-state index in [1.165, 1.54) is 16.7 Å². The molecule has 0 N–H and O–H groups in total. The fourth-order valence-electron chi connectivity index (χ4n) is 4.00. The summed E-state index contributed by atoms with van der Waals surface area (Å²) in [5.41, 5.74) is 4.79. The zero-order chi connectivity index (χ0) is 18.8. The van der Waals surface area contributed by atoms with Gasteiger partial charge in [-0.3, -0.25) is 9.69 Å². The van der Waals surface area contributed by atoms with Crippen LogP contribution in [0.3, 0.4) is 0 Å². The molecule has 0 unspecified atom stereocenters. The van der Waals surface area contributed by atoms with Gasteiger partial charge in [0.25, 0.3) is 0 Å². The van der Waals surface area contributed by atoms with Crippen molar-refractivity contribution in [2.45, 2.75) is 33.2 Å². The Morgan fingerprint density at radius 2 is 1.74 bits per heavy atom. The number of benzene rings is 2. The zero-order valence-electron chi connectivity index (χ0n) is 16.2. The lowest BCUT2D eigenvalue weighted by Crippen LogP contribution is -2.36. The number of piperidine rings is 1. The van der Waals surface area contributed by atoms with E-state index >= 15 is 0 Å². The van der Waals surface area contributed by atoms with Crippen molar-refractivity contribution in [2.75, 3.05) is 26.3 Å². The zero-order valence-corrected chi connectivity index (χ0v) is 16.2. The predicted molar refractivity (Wildman–Crippen MR) is 106 cm³/mol. The van der Waals surface area contributed by atoms with Crippen molar-refractivity contribution < 1.29 is 14.3 Å². The molecule has 2 aliphatic rings. The summed E-state index contributed by atoms with van der Waals surface area (Å²) in [5.74, 6) is 1.77. The fourth-order valence-corrected chi connectivity index (χ4v) is 4.00. The highest BCUT2D eigenvalue weighted by Crippen LogP contribution is 2.32. The minimum Gasteiger partial charge on any atom is -0.486 e. The van der Waals surface area contributed by atoms with Crippen molar-refractivity contribution in [3.05, 3.63) is 58.7 Å². The Morgan fingerprint density at radius 1 is 1.00 bits per heavy atom. The van der Waals surface area contributed by atoms with Gasteiger partial charge in [-0.15, -0.1) is 0 Å². The van der Waals surface area contributed by atoms with E-state index in [2.05, 4.69) is 36.9 Å². The second-order valence-electron chi connectivity index (χ2n) is 7.70. The third-order valence-electron chi connectivity index (χ3n) is 5.68. The van der Waals surface area contributed by atoms with Gasteiger partial charge in [0.15, 0.2) is 17.3 Å². The van der Waals surface area contributed by atoms with Gasteiger partial charge in [0.05, 0.1) is 0 Å². The van der Waals surface area contributed by atoms with Gasteiger partial charge in [-0.2, -0.15) is 0 Å². The summed E-state index contributed by atoms with van der Waals surface area (Å²) < 4.78 is 11.2. The summed E-state index contributed by atoms with van der Waals surface area (Å²) in [5, 5.41) is 0. The first-order chi connectivity index (χ1) is 13.1. The van der Waals surface area contributed by atoms with Crippen molar-refractivity contribution >= 4 is 5.78 Å². The van der Waals surface area contributed by atoms with Gasteiger partial charge in [0, 0.05) is 18.0 Å². The molecule has 0 atom stereocenters. The molecular weight excluding hydrogens is 338 g/mol. The summed E-state index contributed by atoms with van der Waals surface area (Å²) in [7, 11) is 0. The summed E-state index contributed by atoms with van der Waals surface area (Å²) >= 11 is 0. The standard InChI is InChI=1S/C23H27NO3/c1-16-3-4-17(2)20(13-16)15-24-9-7-18(8-10-24)23(25)19-5-6-21-22(14-19)27-12-11-26-21/h3-6,13-14,18H,7-12,15H2,1-2H3. The van der Waals surface area contributed by atoms with E-state index in [4.69, 9.17) is 9.47 Å². The molecule has 1 saturated heterocycles. The average molecular weight is 365 g/mol. The molecule has 4 heteroatoms. The van der Waals surface area contributed by atoms with Crippen LogP contribution < -0.4 is 9.47 Å². The minimum absolute atomic E-state index is 0.0995. The molecule has 27 heavy (non-hydrogen) atoms. The molecule has 1 fully saturated rings. The number of carbonyl (C=O) groups is 1. The Morgan fingerprint density at radius 3 is 2.52 bits per heavy atom. The Bertz CT molecular complexity index is 838. The van der Waals surface area contributed by atoms with Crippen LogP contribution in [-0.2, 0) is 6.54 Å². The molecule has 2 aromatic carbocycles. The molecule has 0 amide bonds. The number of hydrogen-bond acceptors (Lipinski definition) is 4. The lowest BCUT2D eigenvalue weighted by molar-refractivity contribution is 0.0833. The van der Waals surface area contributed by atoms with Crippen LogP contribution in [0.2, 0.25) is 0 Å². The smallest absolute Gasteiger partial charge is 0.166 e. The topological polar surface area (TPSA) is 38.8 Å². The summed E-state index contributed by atoms with van der Waals surface area (Å²) in [6, 6.07) is 12.2. The first-order valence-electron chi connectivity index (χ1n) is 9.82. The highest BCUT2D eigenvalue weighted by molar-refractivity contribution is 5.98. The quantitative estimate of drug-likeness (QED) is 0.763. The van der Waals surface area contributed by atoms with Crippen molar-refractivity contribution in [3.63, 3.8) is 0 Å². The van der Waals surface area contributed by atoms with Gasteiger partial charge < -0.3 is 9.47 Å². The van der Waals surface area contributed by atoms with Gasteiger partial charge in [-0.05, 0) is 69.1 Å². The second-order valence-corrected chi connectivity index (χ2v) is 7.70. The average Bonchev–Trinajstić information content (AvgIpc) is 2.70. The van der Waals surface area contributed by atoms with Crippen LogP contribution in [0.1, 0.15) is 39.9 Å². The van der Waals surface area contributed by atoms with Crippen LogP contribution in [0.5, 0.6) is 11.5 Å². The number of fused-ring (bicyclic) bond motifs is 1. The highest BCUT2D eigenvalue weighted by Gasteiger charge is 2.27. The van der Waals surface area contributed by atoms with Crippen molar-refractivity contribution in [1.82, 2.24) is 4.90 Å². The van der Waals surface area contributed by atoms with Crippen molar-refractivity contribution in [1.29, 1.82) is 0 Å². The molecule has 0 aromatic heterocycles. The number of carbonyl (C=O) groups excluding carboxylic acids is 1. The molecule has 0 bridgehead atoms. The SMILES string of the molecule is Cc1ccc(C)c(CN2CCC(C(=O)c3ccc4c(c3)OCCO4)CC2)c1. The van der Waals surface area contributed by atoms with E-state index in [9.17, 15) is 4.79 Å². The van der Waals surface area contributed by atoms with Crippen LogP contribution in [0, 0.1) is 19.8 Å². The number of ketones is 1. The molecule has 2 aromatic rings. The third kappa shape index (κ3) is 4.01. The lowest BCUT2D eigenvalue weighted by atomic mass is 9.88. The third-order valence-corrected chi connectivity index (χ3v) is 5.68. The van der Waals surface area contributed by atoms with Crippen molar-refractivity contribution in [2.24, 2.45) is 5.92 Å². The number of likely N-dealkylation sites (tertiary alicyclic amines) is 1. The van der Waals surface area contributed by atoms with E-state index in [-0.39, 0.29) is 11.7 Å². The van der Waals surface area contributed by atoms with E-state index in [1.54, 1.807) is 0 Å². The number of Topliss-reactive ketones (excluding diaryl/α,β-unsaturated/α-hetero) is 1. The fraction of sp³-hybridized carbons (Fsp3) is 0.435. The molecule has 0 saturated carbocycles. The maximum Gasteiger partial charge on any atom is 0.166 e. The summed E-state index contributed by atoms with van der Waals surface area (Å²) in [4.78, 5) is 15.4. The summed E-state index contributed by atoms with van der Waals surface area (Å²) in [6.07, 6.45) is 1.83. The lowest BCUT2D eigenvalue weighted by Gasteiger charge is -2.32. The number of rotatable bonds is 4. The van der Waals surface area contributed by atoms with Crippen LogP contribution in [0.15, 0.2) is 36.4 Å². The number of aryl methyl sites for hydroxylation is 2. The van der Waals surface area contributed by atoms with Gasteiger partial charge in [0.2, 0.25) is 0 Å². The monoisotopic (exact) mass is 365 g/mol. The molecule has 0 spiro atoms. The Hall–Kier alpha value is -2.33. The highest BCUT2D eigenvalue weighted by atomic mass is 16.6. The van der Waals surface area contributed by atoms with Gasteiger partial charge in [-0.1, -0.05) is 23.8 Å². The number of nitrogens with zero attached hydrogens (tertiary/aromatic N) is 1. The Balaban J connectivity index is 1.37. The van der Waals surface area contributed by atoms with Crippen LogP contribution >= 0.6 is 0 Å². The van der Waals surface area contributed by atoms with Crippen LogP contribution in [0.4, 0.5) is 0 Å². The van der Waals surface area contributed by atoms with E-state index in [0.717, 1.165) is 43.8 Å². The Labute approximate surface area is 161 Å². The molecule has 4 rings (SSSR count). The maximum absolute atomic E-state index is 12.9. The normalized spacial score (nSPS) is 17.7. The molecule has 142 valence electrons. The van der Waals surface area contributed by atoms with Gasteiger partial charge in [-0.25, -0.2) is 0 Å². The molecule has 2 heterocycles. The summed E-state index contributed by atoms with van der Waals surface area (Å²) in [6.45, 7) is 8.33. The molecular formula is C23H27NO3. The largest absolute Gasteiger partial charge is 0.486 e. The minimum atomic E-state index is 0.0995. The first-order valence-corrected chi connectivity index (χ1v) is 9.82. The van der Waals surface area contributed by atoms with Crippen molar-refractivity contribution in [3.8, 4) is 11.5 Å². The predicted octanol–water partition coefficient (Wildman–Crippen LogP) is 4.17. The molecule has 0 aliphatic carbocycles. The number of ether oxygens (including phenoxy) is 2. The van der Waals surface area contributed by atoms with E-state index in [0.29, 0.717) is 19.0 Å². The molecule has 0 radical (unpaired) electrons. The first kappa shape index (κ1) is 18.1. The van der Waals surface area contributed by atoms with Gasteiger partial charge in [0.1, 0.15) is 13.2 Å². The van der Waals surface area contributed by atoms with Gasteiger partial charge >= 0.3 is 0 Å². The van der Waals surface area contributed by atoms with Crippen LogP contribution in [-0.4, -0.2) is 37.0 Å². The molecule has 4 nitrogen and oxygen atoms in total. The number of hydrogen-bond donors (Lipinski definition) is 0. The molecule has 2 aliphatic heterocycles. The Kier molecular flexibility index (Phi) is 5.17. The van der Waals surface area contributed by atoms with Crippen LogP contribution in [0.25, 0.3) is 0 Å².